The normalized spacial score (nSPS) is 10.6. The minimum atomic E-state index is -0.450. The Morgan fingerprint density at radius 1 is 1.21 bits per heavy atom. The summed E-state index contributed by atoms with van der Waals surface area (Å²) in [7, 11) is 1.76. The average molecular weight is 397 g/mol. The van der Waals surface area contributed by atoms with Crippen LogP contribution in [0.2, 0.25) is 0 Å². The van der Waals surface area contributed by atoms with Crippen LogP contribution in [0.1, 0.15) is 12.5 Å². The van der Waals surface area contributed by atoms with Gasteiger partial charge in [-0.25, -0.2) is 0 Å². The number of amides is 1. The largest absolute Gasteiger partial charge is 0.325 e. The molecule has 28 heavy (non-hydrogen) atoms. The summed E-state index contributed by atoms with van der Waals surface area (Å²) in [6.07, 6.45) is 0.833. The summed E-state index contributed by atoms with van der Waals surface area (Å²) < 4.78 is 1.72. The number of carbonyl (C=O) groups excluding carboxylic acids is 1. The Bertz CT molecular complexity index is 1020. The van der Waals surface area contributed by atoms with Gasteiger partial charge in [-0.05, 0) is 18.1 Å². The monoisotopic (exact) mass is 397 g/mol. The molecule has 0 bridgehead atoms. The van der Waals surface area contributed by atoms with Gasteiger partial charge in [0.05, 0.1) is 10.7 Å². The second kappa shape index (κ2) is 8.66. The van der Waals surface area contributed by atoms with Crippen molar-refractivity contribution in [3.05, 3.63) is 64.2 Å². The summed E-state index contributed by atoms with van der Waals surface area (Å²) in [5.41, 5.74) is 2.47. The molecule has 0 radical (unpaired) electrons. The lowest BCUT2D eigenvalue weighted by molar-refractivity contribution is -0.384. The van der Waals surface area contributed by atoms with Crippen LogP contribution < -0.4 is 5.32 Å². The summed E-state index contributed by atoms with van der Waals surface area (Å²) in [5.74, 6) is 0.549. The summed E-state index contributed by atoms with van der Waals surface area (Å²) in [6, 6.07) is 13.9. The van der Waals surface area contributed by atoms with E-state index in [0.29, 0.717) is 16.5 Å². The molecule has 8 nitrogen and oxygen atoms in total. The fourth-order valence-electron chi connectivity index (χ4n) is 2.72. The number of carbonyl (C=O) groups is 1. The Balaban J connectivity index is 1.68. The number of nitro benzene ring substituents is 1. The van der Waals surface area contributed by atoms with E-state index in [1.807, 2.05) is 31.2 Å². The molecule has 1 aromatic heterocycles. The highest BCUT2D eigenvalue weighted by atomic mass is 32.2. The number of benzene rings is 2. The molecule has 0 saturated carbocycles. The van der Waals surface area contributed by atoms with Gasteiger partial charge in [-0.2, -0.15) is 0 Å². The number of hydrogen-bond donors (Lipinski definition) is 1. The van der Waals surface area contributed by atoms with E-state index in [9.17, 15) is 14.9 Å². The Hall–Kier alpha value is -3.20. The Morgan fingerprint density at radius 3 is 2.75 bits per heavy atom. The third-order valence-electron chi connectivity index (χ3n) is 4.15. The van der Waals surface area contributed by atoms with Crippen molar-refractivity contribution in [3.8, 4) is 11.4 Å². The van der Waals surface area contributed by atoms with Gasteiger partial charge in [-0.15, -0.1) is 10.2 Å². The molecule has 0 aliphatic rings. The molecule has 0 fully saturated rings. The minimum Gasteiger partial charge on any atom is -0.325 e. The third kappa shape index (κ3) is 4.37. The predicted molar refractivity (Wildman–Crippen MR) is 108 cm³/mol. The highest BCUT2D eigenvalue weighted by Gasteiger charge is 2.15. The first-order valence-corrected chi connectivity index (χ1v) is 9.63. The molecule has 0 unspecified atom stereocenters. The first kappa shape index (κ1) is 19.6. The number of para-hydroxylation sites is 1. The number of non-ortho nitro benzene ring substituents is 1. The molecule has 0 saturated heterocycles. The van der Waals surface area contributed by atoms with E-state index >= 15 is 0 Å². The average Bonchev–Trinajstić information content (AvgIpc) is 3.07. The van der Waals surface area contributed by atoms with Crippen molar-refractivity contribution in [1.82, 2.24) is 14.8 Å². The first-order chi connectivity index (χ1) is 13.5. The van der Waals surface area contributed by atoms with Gasteiger partial charge in [0.1, 0.15) is 0 Å². The van der Waals surface area contributed by atoms with Crippen molar-refractivity contribution in [2.24, 2.45) is 7.05 Å². The molecule has 1 amide bonds. The lowest BCUT2D eigenvalue weighted by Gasteiger charge is -2.09. The summed E-state index contributed by atoms with van der Waals surface area (Å²) >= 11 is 1.26. The van der Waals surface area contributed by atoms with Crippen LogP contribution in [0, 0.1) is 10.1 Å². The molecule has 0 aliphatic heterocycles. The molecule has 3 aromatic rings. The number of nitro groups is 1. The maximum atomic E-state index is 12.3. The highest BCUT2D eigenvalue weighted by Crippen LogP contribution is 2.25. The second-order valence-corrected chi connectivity index (χ2v) is 6.96. The number of hydrogen-bond acceptors (Lipinski definition) is 6. The highest BCUT2D eigenvalue weighted by molar-refractivity contribution is 7.99. The topological polar surface area (TPSA) is 103 Å². The second-order valence-electron chi connectivity index (χ2n) is 6.02. The fourth-order valence-corrected chi connectivity index (χ4v) is 3.43. The lowest BCUT2D eigenvalue weighted by Crippen LogP contribution is -2.15. The zero-order valence-electron chi connectivity index (χ0n) is 15.5. The van der Waals surface area contributed by atoms with Crippen molar-refractivity contribution >= 4 is 29.0 Å². The number of aromatic nitrogens is 3. The van der Waals surface area contributed by atoms with Crippen molar-refractivity contribution in [3.63, 3.8) is 0 Å². The predicted octanol–water partition coefficient (Wildman–Crippen LogP) is 3.68. The quantitative estimate of drug-likeness (QED) is 0.371. The number of thioether (sulfide) groups is 1. The van der Waals surface area contributed by atoms with Gasteiger partial charge >= 0.3 is 0 Å². The Kier molecular flexibility index (Phi) is 6.05. The van der Waals surface area contributed by atoms with Crippen LogP contribution in [-0.4, -0.2) is 31.3 Å². The van der Waals surface area contributed by atoms with E-state index in [1.165, 1.54) is 23.9 Å². The molecular weight excluding hydrogens is 378 g/mol. The van der Waals surface area contributed by atoms with Crippen molar-refractivity contribution in [2.45, 2.75) is 18.5 Å². The Morgan fingerprint density at radius 2 is 2.00 bits per heavy atom. The molecular formula is C19H19N5O3S. The van der Waals surface area contributed by atoms with Gasteiger partial charge in [-0.1, -0.05) is 49.0 Å². The molecule has 1 N–H and O–H groups in total. The van der Waals surface area contributed by atoms with Crippen LogP contribution in [-0.2, 0) is 18.3 Å². The third-order valence-corrected chi connectivity index (χ3v) is 5.18. The van der Waals surface area contributed by atoms with Gasteiger partial charge in [0.2, 0.25) is 5.91 Å². The van der Waals surface area contributed by atoms with Crippen molar-refractivity contribution in [1.29, 1.82) is 0 Å². The van der Waals surface area contributed by atoms with Gasteiger partial charge in [0.25, 0.3) is 5.69 Å². The number of nitrogens with zero attached hydrogens (tertiary/aromatic N) is 4. The number of rotatable bonds is 7. The zero-order valence-corrected chi connectivity index (χ0v) is 16.3. The van der Waals surface area contributed by atoms with Crippen LogP contribution in [0.3, 0.4) is 0 Å². The number of anilines is 1. The van der Waals surface area contributed by atoms with E-state index in [2.05, 4.69) is 15.5 Å². The van der Waals surface area contributed by atoms with Gasteiger partial charge in [-0.3, -0.25) is 14.9 Å². The number of nitrogens with one attached hydrogen (secondary N) is 1. The molecule has 2 aromatic carbocycles. The Labute approximate surface area is 166 Å². The van der Waals surface area contributed by atoms with E-state index in [4.69, 9.17) is 0 Å². The van der Waals surface area contributed by atoms with Gasteiger partial charge in [0, 0.05) is 30.4 Å². The van der Waals surface area contributed by atoms with Crippen LogP contribution >= 0.6 is 11.8 Å². The van der Waals surface area contributed by atoms with E-state index in [-0.39, 0.29) is 17.3 Å². The van der Waals surface area contributed by atoms with Crippen LogP contribution in [0.25, 0.3) is 11.4 Å². The minimum absolute atomic E-state index is 0.0105. The van der Waals surface area contributed by atoms with E-state index in [1.54, 1.807) is 23.7 Å². The van der Waals surface area contributed by atoms with Crippen molar-refractivity contribution in [2.75, 3.05) is 11.1 Å². The molecule has 0 aliphatic carbocycles. The molecule has 3 rings (SSSR count). The van der Waals surface area contributed by atoms with Crippen molar-refractivity contribution < 1.29 is 9.72 Å². The summed E-state index contributed by atoms with van der Waals surface area (Å²) in [5, 5.41) is 22.7. The van der Waals surface area contributed by atoms with Crippen LogP contribution in [0.15, 0.2) is 53.7 Å². The standard InChI is InChI=1S/C19H19N5O3S/c1-3-13-7-4-5-10-16(13)20-17(25)12-28-19-22-21-18(23(19)2)14-8-6-9-15(11-14)24(26)27/h4-11H,3,12H2,1-2H3,(H,20,25). The molecule has 9 heteroatoms. The van der Waals surface area contributed by atoms with Gasteiger partial charge < -0.3 is 9.88 Å². The lowest BCUT2D eigenvalue weighted by atomic mass is 10.1. The molecule has 144 valence electrons. The maximum Gasteiger partial charge on any atom is 0.270 e. The van der Waals surface area contributed by atoms with E-state index < -0.39 is 4.92 Å². The summed E-state index contributed by atoms with van der Waals surface area (Å²) in [4.78, 5) is 22.8. The zero-order chi connectivity index (χ0) is 20.1. The molecule has 0 atom stereocenters. The van der Waals surface area contributed by atoms with Gasteiger partial charge in [0.15, 0.2) is 11.0 Å². The molecule has 1 heterocycles. The smallest absolute Gasteiger partial charge is 0.270 e. The number of aryl methyl sites for hydroxylation is 1. The first-order valence-electron chi connectivity index (χ1n) is 8.64. The van der Waals surface area contributed by atoms with Crippen LogP contribution in [0.5, 0.6) is 0 Å². The summed E-state index contributed by atoms with van der Waals surface area (Å²) in [6.45, 7) is 2.04. The maximum absolute atomic E-state index is 12.3. The van der Waals surface area contributed by atoms with E-state index in [0.717, 1.165) is 17.7 Å². The molecule has 0 spiro atoms. The SMILES string of the molecule is CCc1ccccc1NC(=O)CSc1nnc(-c2cccc([N+](=O)[O-])c2)n1C. The fraction of sp³-hybridized carbons (Fsp3) is 0.211. The van der Waals surface area contributed by atoms with Crippen LogP contribution in [0.4, 0.5) is 11.4 Å².